The number of esters is 1. The highest BCUT2D eigenvalue weighted by Crippen LogP contribution is 2.35. The van der Waals surface area contributed by atoms with Gasteiger partial charge in [0.1, 0.15) is 0 Å². The molecule has 1 atom stereocenters. The van der Waals surface area contributed by atoms with Crippen molar-refractivity contribution >= 4 is 28.6 Å². The molecule has 0 radical (unpaired) electrons. The summed E-state index contributed by atoms with van der Waals surface area (Å²) in [5, 5.41) is 0. The number of carbonyl (C=O) groups excluding carboxylic acids is 1. The van der Waals surface area contributed by atoms with Crippen molar-refractivity contribution in [3.8, 4) is 0 Å². The van der Waals surface area contributed by atoms with E-state index < -0.39 is 0 Å². The van der Waals surface area contributed by atoms with E-state index in [1.807, 2.05) is 13.8 Å². The number of hydrogen-bond donors (Lipinski definition) is 0. The van der Waals surface area contributed by atoms with Gasteiger partial charge in [0.15, 0.2) is 0 Å². The summed E-state index contributed by atoms with van der Waals surface area (Å²) < 4.78 is 5.92. The van der Waals surface area contributed by atoms with Gasteiger partial charge in [0, 0.05) is 10.3 Å². The Morgan fingerprint density at radius 3 is 2.60 bits per heavy atom. The van der Waals surface area contributed by atoms with Gasteiger partial charge in [-0.25, -0.2) is 0 Å². The molecule has 1 aliphatic rings. The van der Waals surface area contributed by atoms with Crippen LogP contribution in [0, 0.1) is 11.3 Å². The highest BCUT2D eigenvalue weighted by molar-refractivity contribution is 14.1. The molecule has 58 valence electrons. The molecule has 0 N–H and O–H groups in total. The molecule has 1 saturated heterocycles. The minimum absolute atomic E-state index is 0.0471. The van der Waals surface area contributed by atoms with Crippen LogP contribution in [0.1, 0.15) is 13.8 Å². The number of cyclic esters (lactones) is 1. The van der Waals surface area contributed by atoms with Crippen molar-refractivity contribution in [1.82, 2.24) is 0 Å². The Bertz CT molecular complexity index is 154. The van der Waals surface area contributed by atoms with Crippen LogP contribution in [-0.4, -0.2) is 17.0 Å². The highest BCUT2D eigenvalue weighted by Gasteiger charge is 2.43. The number of ether oxygens (including phenoxy) is 1. The first-order chi connectivity index (χ1) is 4.59. The molecule has 3 heteroatoms. The highest BCUT2D eigenvalue weighted by atomic mass is 127. The van der Waals surface area contributed by atoms with Gasteiger partial charge >= 0.3 is 5.97 Å². The Kier molecular flexibility index (Phi) is 2.22. The summed E-state index contributed by atoms with van der Waals surface area (Å²) in [5.74, 6) is 0.356. The average Bonchev–Trinajstić information content (AvgIpc) is 2.10. The molecule has 0 spiro atoms. The van der Waals surface area contributed by atoms with Crippen molar-refractivity contribution in [2.45, 2.75) is 13.8 Å². The molecule has 1 heterocycles. The Balaban J connectivity index is 2.73. The normalized spacial score (nSPS) is 30.3. The van der Waals surface area contributed by atoms with Crippen LogP contribution in [0.2, 0.25) is 0 Å². The lowest BCUT2D eigenvalue weighted by Crippen LogP contribution is -2.26. The summed E-state index contributed by atoms with van der Waals surface area (Å²) in [6, 6.07) is 0. The molecule has 0 bridgehead atoms. The second kappa shape index (κ2) is 2.68. The first-order valence-electron chi connectivity index (χ1n) is 3.32. The molecule has 0 aliphatic carbocycles. The van der Waals surface area contributed by atoms with Crippen molar-refractivity contribution in [2.24, 2.45) is 11.3 Å². The van der Waals surface area contributed by atoms with Gasteiger partial charge in [0.25, 0.3) is 0 Å². The third-order valence-electron chi connectivity index (χ3n) is 2.15. The van der Waals surface area contributed by atoms with E-state index >= 15 is 0 Å². The van der Waals surface area contributed by atoms with E-state index in [9.17, 15) is 4.79 Å². The van der Waals surface area contributed by atoms with Crippen LogP contribution in [0.25, 0.3) is 0 Å². The Hall–Kier alpha value is 0.200. The van der Waals surface area contributed by atoms with Gasteiger partial charge in [-0.05, 0) is 13.8 Å². The minimum atomic E-state index is -0.249. The topological polar surface area (TPSA) is 26.3 Å². The second-order valence-corrected chi connectivity index (χ2v) is 4.05. The fourth-order valence-electron chi connectivity index (χ4n) is 0.975. The van der Waals surface area contributed by atoms with Gasteiger partial charge in [0.2, 0.25) is 0 Å². The molecule has 1 fully saturated rings. The molecule has 1 rings (SSSR count). The van der Waals surface area contributed by atoms with Crippen LogP contribution in [0.4, 0.5) is 0 Å². The van der Waals surface area contributed by atoms with Crippen molar-refractivity contribution in [3.63, 3.8) is 0 Å². The number of halogens is 1. The maximum Gasteiger partial charge on any atom is 0.311 e. The van der Waals surface area contributed by atoms with E-state index in [1.165, 1.54) is 0 Å². The van der Waals surface area contributed by atoms with Crippen LogP contribution in [0.15, 0.2) is 0 Å². The molecule has 2 nitrogen and oxygen atoms in total. The third-order valence-corrected chi connectivity index (χ3v) is 3.21. The smallest absolute Gasteiger partial charge is 0.311 e. The van der Waals surface area contributed by atoms with Crippen molar-refractivity contribution in [2.75, 3.05) is 11.0 Å². The van der Waals surface area contributed by atoms with Gasteiger partial charge in [0.05, 0.1) is 12.0 Å². The Morgan fingerprint density at radius 2 is 2.40 bits per heavy atom. The second-order valence-electron chi connectivity index (χ2n) is 3.17. The van der Waals surface area contributed by atoms with E-state index in [0.29, 0.717) is 12.5 Å². The number of alkyl halides is 1. The van der Waals surface area contributed by atoms with E-state index in [1.54, 1.807) is 0 Å². The zero-order valence-corrected chi connectivity index (χ0v) is 8.34. The molecule has 0 aromatic rings. The zero-order chi connectivity index (χ0) is 7.78. The maximum atomic E-state index is 11.0. The van der Waals surface area contributed by atoms with Crippen molar-refractivity contribution in [3.05, 3.63) is 0 Å². The van der Waals surface area contributed by atoms with Gasteiger partial charge in [-0.2, -0.15) is 0 Å². The van der Waals surface area contributed by atoms with Crippen LogP contribution < -0.4 is 0 Å². The molecule has 0 aromatic carbocycles. The number of hydrogen-bond acceptors (Lipinski definition) is 2. The monoisotopic (exact) mass is 254 g/mol. The molecule has 0 unspecified atom stereocenters. The van der Waals surface area contributed by atoms with E-state index in [-0.39, 0.29) is 11.4 Å². The molecule has 1 aliphatic heterocycles. The fourth-order valence-corrected chi connectivity index (χ4v) is 2.33. The molecule has 0 amide bonds. The summed E-state index contributed by atoms with van der Waals surface area (Å²) in [6.07, 6.45) is 0. The lowest BCUT2D eigenvalue weighted by atomic mass is 9.83. The van der Waals surface area contributed by atoms with Gasteiger partial charge in [-0.3, -0.25) is 4.79 Å². The van der Waals surface area contributed by atoms with Crippen molar-refractivity contribution in [1.29, 1.82) is 0 Å². The minimum Gasteiger partial charge on any atom is -0.465 e. The lowest BCUT2D eigenvalue weighted by molar-refractivity contribution is -0.144. The summed E-state index contributed by atoms with van der Waals surface area (Å²) in [7, 11) is 0. The molecule has 10 heavy (non-hydrogen) atoms. The molecular weight excluding hydrogens is 243 g/mol. The summed E-state index contributed by atoms with van der Waals surface area (Å²) in [4.78, 5) is 11.0. The Labute approximate surface area is 74.5 Å². The Morgan fingerprint density at radius 1 is 1.80 bits per heavy atom. The summed E-state index contributed by atoms with van der Waals surface area (Å²) in [5.41, 5.74) is -0.249. The predicted molar refractivity (Wildman–Crippen MR) is 47.1 cm³/mol. The first kappa shape index (κ1) is 8.30. The first-order valence-corrected chi connectivity index (χ1v) is 4.84. The lowest BCUT2D eigenvalue weighted by Gasteiger charge is -2.18. The van der Waals surface area contributed by atoms with Crippen LogP contribution >= 0.6 is 22.6 Å². The van der Waals surface area contributed by atoms with Crippen molar-refractivity contribution < 1.29 is 9.53 Å². The predicted octanol–water partition coefficient (Wildman–Crippen LogP) is 1.62. The standard InChI is InChI=1S/C7H11IO2/c1-7(2)5(3-8)4-10-6(7)9/h5H,3-4H2,1-2H3/t5-/m0/s1. The summed E-state index contributed by atoms with van der Waals surface area (Å²) in [6.45, 7) is 4.51. The maximum absolute atomic E-state index is 11.0. The van der Waals surface area contributed by atoms with Crippen LogP contribution in [0.5, 0.6) is 0 Å². The largest absolute Gasteiger partial charge is 0.465 e. The van der Waals surface area contributed by atoms with Crippen LogP contribution in [0.3, 0.4) is 0 Å². The van der Waals surface area contributed by atoms with E-state index in [4.69, 9.17) is 4.74 Å². The third kappa shape index (κ3) is 1.15. The fraction of sp³-hybridized carbons (Fsp3) is 0.857. The van der Waals surface area contributed by atoms with Gasteiger partial charge in [-0.1, -0.05) is 22.6 Å². The van der Waals surface area contributed by atoms with Gasteiger partial charge < -0.3 is 4.74 Å². The average molecular weight is 254 g/mol. The van der Waals surface area contributed by atoms with Crippen LogP contribution in [-0.2, 0) is 9.53 Å². The number of rotatable bonds is 1. The summed E-state index contributed by atoms with van der Waals surface area (Å²) >= 11 is 2.29. The van der Waals surface area contributed by atoms with Gasteiger partial charge in [-0.15, -0.1) is 0 Å². The SMILES string of the molecule is CC1(C)C(=O)OC[C@@H]1CI. The molecule has 0 saturated carbocycles. The zero-order valence-electron chi connectivity index (χ0n) is 6.19. The molecule has 0 aromatic heterocycles. The van der Waals surface area contributed by atoms with E-state index in [2.05, 4.69) is 22.6 Å². The number of carbonyl (C=O) groups is 1. The van der Waals surface area contributed by atoms with E-state index in [0.717, 1.165) is 4.43 Å². The quantitative estimate of drug-likeness (QED) is 0.404. The molecular formula is C7H11IO2.